The molecule has 0 saturated carbocycles. The van der Waals surface area contributed by atoms with Crippen LogP contribution in [0.2, 0.25) is 0 Å². The van der Waals surface area contributed by atoms with E-state index in [1.807, 2.05) is 42.6 Å². The van der Waals surface area contributed by atoms with E-state index in [-0.39, 0.29) is 18.2 Å². The predicted octanol–water partition coefficient (Wildman–Crippen LogP) is 1.53. The highest BCUT2D eigenvalue weighted by Gasteiger charge is 2.31. The van der Waals surface area contributed by atoms with Gasteiger partial charge in [-0.15, -0.1) is 0 Å². The van der Waals surface area contributed by atoms with Crippen LogP contribution in [0.25, 0.3) is 0 Å². The summed E-state index contributed by atoms with van der Waals surface area (Å²) in [6, 6.07) is 11.3. The van der Waals surface area contributed by atoms with Crippen molar-refractivity contribution >= 4 is 11.8 Å². The van der Waals surface area contributed by atoms with Crippen LogP contribution < -0.4 is 15.4 Å². The molecule has 0 aliphatic carbocycles. The molecule has 7 heteroatoms. The number of methoxy groups -OCH3 is 1. The van der Waals surface area contributed by atoms with Gasteiger partial charge in [-0.2, -0.15) is 0 Å². The zero-order valence-electron chi connectivity index (χ0n) is 16.8. The molecule has 1 saturated heterocycles. The molecule has 1 aliphatic rings. The minimum absolute atomic E-state index is 0.0929. The highest BCUT2D eigenvalue weighted by atomic mass is 16.5. The van der Waals surface area contributed by atoms with Gasteiger partial charge in [0.2, 0.25) is 11.8 Å². The summed E-state index contributed by atoms with van der Waals surface area (Å²) in [5, 5.41) is 5.81. The maximum Gasteiger partial charge on any atom is 0.237 e. The average Bonchev–Trinajstić information content (AvgIpc) is 2.74. The SMILES string of the molecule is COc1cccc(CN2CCNC(=O)C2CC(=O)NCCCc2cccnc2)c1. The molecule has 3 rings (SSSR count). The quantitative estimate of drug-likeness (QED) is 0.628. The molecule has 0 spiro atoms. The van der Waals surface area contributed by atoms with Crippen molar-refractivity contribution in [1.29, 1.82) is 0 Å². The first-order chi connectivity index (χ1) is 14.2. The molecule has 1 fully saturated rings. The van der Waals surface area contributed by atoms with Crippen molar-refractivity contribution in [2.45, 2.75) is 31.8 Å². The van der Waals surface area contributed by atoms with Gasteiger partial charge < -0.3 is 15.4 Å². The summed E-state index contributed by atoms with van der Waals surface area (Å²) in [5.41, 5.74) is 2.21. The number of carbonyl (C=O) groups is 2. The number of nitrogens with one attached hydrogen (secondary N) is 2. The summed E-state index contributed by atoms with van der Waals surface area (Å²) in [6.07, 6.45) is 5.44. The van der Waals surface area contributed by atoms with Gasteiger partial charge in [0.05, 0.1) is 19.6 Å². The summed E-state index contributed by atoms with van der Waals surface area (Å²) < 4.78 is 5.28. The van der Waals surface area contributed by atoms with Gasteiger partial charge in [-0.05, 0) is 42.2 Å². The third-order valence-electron chi connectivity index (χ3n) is 5.03. The van der Waals surface area contributed by atoms with Crippen molar-refractivity contribution in [3.8, 4) is 5.75 Å². The number of carbonyl (C=O) groups excluding carboxylic acids is 2. The Balaban J connectivity index is 1.50. The Morgan fingerprint density at radius 1 is 1.31 bits per heavy atom. The number of benzene rings is 1. The van der Waals surface area contributed by atoms with E-state index in [0.717, 1.165) is 29.7 Å². The monoisotopic (exact) mass is 396 g/mol. The van der Waals surface area contributed by atoms with Crippen molar-refractivity contribution in [3.05, 3.63) is 59.9 Å². The molecule has 29 heavy (non-hydrogen) atoms. The number of hydrogen-bond donors (Lipinski definition) is 2. The fraction of sp³-hybridized carbons (Fsp3) is 0.409. The molecule has 2 amide bonds. The van der Waals surface area contributed by atoms with Crippen molar-refractivity contribution in [1.82, 2.24) is 20.5 Å². The standard InChI is InChI=1S/C22H28N4O3/c1-29-19-8-2-5-18(13-19)16-26-12-11-25-22(28)20(26)14-21(27)24-10-4-7-17-6-3-9-23-15-17/h2-3,5-6,8-9,13,15,20H,4,7,10-12,14,16H2,1H3,(H,24,27)(H,25,28). The van der Waals surface area contributed by atoms with Crippen molar-refractivity contribution in [2.75, 3.05) is 26.7 Å². The van der Waals surface area contributed by atoms with E-state index in [9.17, 15) is 9.59 Å². The Morgan fingerprint density at radius 2 is 2.17 bits per heavy atom. The van der Waals surface area contributed by atoms with Gasteiger partial charge in [0.1, 0.15) is 5.75 Å². The molecule has 154 valence electrons. The maximum absolute atomic E-state index is 12.4. The van der Waals surface area contributed by atoms with Crippen LogP contribution >= 0.6 is 0 Å². The Bertz CT molecular complexity index is 813. The number of aromatic nitrogens is 1. The van der Waals surface area contributed by atoms with Gasteiger partial charge in [-0.25, -0.2) is 0 Å². The normalized spacial score (nSPS) is 16.9. The molecule has 1 aliphatic heterocycles. The van der Waals surface area contributed by atoms with Gasteiger partial charge in [0, 0.05) is 38.6 Å². The summed E-state index contributed by atoms with van der Waals surface area (Å²) >= 11 is 0. The zero-order chi connectivity index (χ0) is 20.5. The largest absolute Gasteiger partial charge is 0.497 e. The zero-order valence-corrected chi connectivity index (χ0v) is 16.8. The lowest BCUT2D eigenvalue weighted by atomic mass is 10.1. The van der Waals surface area contributed by atoms with Crippen LogP contribution in [0.1, 0.15) is 24.0 Å². The van der Waals surface area contributed by atoms with E-state index >= 15 is 0 Å². The van der Waals surface area contributed by atoms with Gasteiger partial charge in [0.15, 0.2) is 0 Å². The number of hydrogen-bond acceptors (Lipinski definition) is 5. The average molecular weight is 396 g/mol. The van der Waals surface area contributed by atoms with E-state index in [1.165, 1.54) is 0 Å². The highest BCUT2D eigenvalue weighted by Crippen LogP contribution is 2.18. The van der Waals surface area contributed by atoms with Gasteiger partial charge in [-0.3, -0.25) is 19.5 Å². The lowest BCUT2D eigenvalue weighted by Gasteiger charge is -2.34. The minimum Gasteiger partial charge on any atom is -0.497 e. The molecule has 2 N–H and O–H groups in total. The molecule has 1 atom stereocenters. The van der Waals surface area contributed by atoms with Gasteiger partial charge in [0.25, 0.3) is 0 Å². The first kappa shape index (κ1) is 20.8. The maximum atomic E-state index is 12.4. The van der Waals surface area contributed by atoms with E-state index in [4.69, 9.17) is 4.74 Å². The molecular weight excluding hydrogens is 368 g/mol. The minimum atomic E-state index is -0.465. The summed E-state index contributed by atoms with van der Waals surface area (Å²) in [7, 11) is 1.63. The van der Waals surface area contributed by atoms with Crippen molar-refractivity contribution in [3.63, 3.8) is 0 Å². The predicted molar refractivity (Wildman–Crippen MR) is 110 cm³/mol. The molecule has 1 aromatic heterocycles. The Kier molecular flexibility index (Phi) is 7.58. The van der Waals surface area contributed by atoms with Crippen LogP contribution in [0, 0.1) is 0 Å². The number of nitrogens with zero attached hydrogens (tertiary/aromatic N) is 2. The second-order valence-electron chi connectivity index (χ2n) is 7.15. The summed E-state index contributed by atoms with van der Waals surface area (Å²) in [6.45, 7) is 2.48. The summed E-state index contributed by atoms with van der Waals surface area (Å²) in [4.78, 5) is 31.0. The van der Waals surface area contributed by atoms with E-state index in [2.05, 4.69) is 20.5 Å². The first-order valence-electron chi connectivity index (χ1n) is 9.96. The third-order valence-corrected chi connectivity index (χ3v) is 5.03. The van der Waals surface area contributed by atoms with Gasteiger partial charge >= 0.3 is 0 Å². The van der Waals surface area contributed by atoms with E-state index in [0.29, 0.717) is 26.2 Å². The second kappa shape index (κ2) is 10.6. The second-order valence-corrected chi connectivity index (χ2v) is 7.15. The fourth-order valence-corrected chi connectivity index (χ4v) is 3.49. The van der Waals surface area contributed by atoms with Crippen LogP contribution in [0.15, 0.2) is 48.8 Å². The number of aryl methyl sites for hydroxylation is 1. The Labute approximate surface area is 171 Å². The topological polar surface area (TPSA) is 83.6 Å². The van der Waals surface area contributed by atoms with Crippen LogP contribution in [-0.2, 0) is 22.6 Å². The third kappa shape index (κ3) is 6.29. The molecular formula is C22H28N4O3. The van der Waals surface area contributed by atoms with Crippen molar-refractivity contribution in [2.24, 2.45) is 0 Å². The summed E-state index contributed by atoms with van der Waals surface area (Å²) in [5.74, 6) is 0.588. The molecule has 0 bridgehead atoms. The molecule has 1 aromatic carbocycles. The lowest BCUT2D eigenvalue weighted by Crippen LogP contribution is -2.56. The fourth-order valence-electron chi connectivity index (χ4n) is 3.49. The number of amides is 2. The number of pyridine rings is 1. The number of piperazine rings is 1. The lowest BCUT2D eigenvalue weighted by molar-refractivity contribution is -0.134. The smallest absolute Gasteiger partial charge is 0.237 e. The number of ether oxygens (including phenoxy) is 1. The molecule has 1 unspecified atom stereocenters. The molecule has 2 aromatic rings. The Morgan fingerprint density at radius 3 is 2.97 bits per heavy atom. The van der Waals surface area contributed by atoms with Crippen LogP contribution in [-0.4, -0.2) is 54.5 Å². The molecule has 7 nitrogen and oxygen atoms in total. The molecule has 0 radical (unpaired) electrons. The first-order valence-corrected chi connectivity index (χ1v) is 9.96. The van der Waals surface area contributed by atoms with E-state index in [1.54, 1.807) is 13.3 Å². The van der Waals surface area contributed by atoms with Crippen LogP contribution in [0.4, 0.5) is 0 Å². The molecule has 2 heterocycles. The van der Waals surface area contributed by atoms with Crippen molar-refractivity contribution < 1.29 is 14.3 Å². The number of rotatable bonds is 9. The highest BCUT2D eigenvalue weighted by molar-refractivity contribution is 5.88. The van der Waals surface area contributed by atoms with Crippen LogP contribution in [0.3, 0.4) is 0 Å². The van der Waals surface area contributed by atoms with Gasteiger partial charge in [-0.1, -0.05) is 18.2 Å². The Hall–Kier alpha value is -2.93. The van der Waals surface area contributed by atoms with Crippen LogP contribution in [0.5, 0.6) is 5.75 Å². The van der Waals surface area contributed by atoms with E-state index < -0.39 is 6.04 Å².